The maximum atomic E-state index is 2.31. The number of rotatable bonds is 0. The van der Waals surface area contributed by atoms with Crippen LogP contribution in [0, 0.1) is 5.92 Å². The second-order valence-electron chi connectivity index (χ2n) is 4.35. The maximum absolute atomic E-state index is 2.31. The van der Waals surface area contributed by atoms with Crippen LogP contribution in [0.25, 0.3) is 0 Å². The molecule has 0 bridgehead atoms. The molecular weight excluding hydrogens is 144 g/mol. The molecule has 0 N–H and O–H groups in total. The summed E-state index contributed by atoms with van der Waals surface area (Å²) in [5, 5.41) is 0. The molecule has 1 fully saturated rings. The van der Waals surface area contributed by atoms with Crippen molar-refractivity contribution in [3.8, 4) is 0 Å². The van der Waals surface area contributed by atoms with Crippen molar-refractivity contribution >= 4 is 0 Å². The smallest absolute Gasteiger partial charge is 0.0160 e. The minimum absolute atomic E-state index is 0.925. The zero-order valence-electron chi connectivity index (χ0n) is 8.41. The van der Waals surface area contributed by atoms with Gasteiger partial charge in [0.2, 0.25) is 0 Å². The van der Waals surface area contributed by atoms with Crippen LogP contribution < -0.4 is 0 Å². The number of fused-ring (bicyclic) bond motifs is 1. The van der Waals surface area contributed by atoms with E-state index in [1.165, 1.54) is 25.7 Å². The van der Waals surface area contributed by atoms with Crippen LogP contribution in [-0.4, -0.2) is 0 Å². The zero-order chi connectivity index (χ0) is 8.72. The average molecular weight is 162 g/mol. The van der Waals surface area contributed by atoms with E-state index in [1.807, 2.05) is 0 Å². The normalized spacial score (nSPS) is 29.8. The van der Waals surface area contributed by atoms with Gasteiger partial charge in [-0.15, -0.1) is 0 Å². The van der Waals surface area contributed by atoms with E-state index in [0.717, 1.165) is 5.92 Å². The van der Waals surface area contributed by atoms with Gasteiger partial charge in [0.15, 0.2) is 0 Å². The summed E-state index contributed by atoms with van der Waals surface area (Å²) < 4.78 is 0. The van der Waals surface area contributed by atoms with Gasteiger partial charge in [-0.2, -0.15) is 0 Å². The highest BCUT2D eigenvalue weighted by molar-refractivity contribution is 5.41. The standard InChI is InChI=1S/C12H18/c1-8-7-11-5-4-6-12(11)10(3)9(8)2/h11H,4-7H2,1-3H3. The van der Waals surface area contributed by atoms with Crippen LogP contribution in [0.5, 0.6) is 0 Å². The largest absolute Gasteiger partial charge is 0.0695 e. The molecule has 0 saturated heterocycles. The quantitative estimate of drug-likeness (QED) is 0.507. The van der Waals surface area contributed by atoms with Crippen LogP contribution in [0.2, 0.25) is 0 Å². The summed E-state index contributed by atoms with van der Waals surface area (Å²) in [6.07, 6.45) is 5.59. The molecular formula is C12H18. The third-order valence-electron chi connectivity index (χ3n) is 3.73. The lowest BCUT2D eigenvalue weighted by Gasteiger charge is -2.24. The zero-order valence-corrected chi connectivity index (χ0v) is 8.41. The van der Waals surface area contributed by atoms with Gasteiger partial charge in [-0.05, 0) is 63.5 Å². The maximum Gasteiger partial charge on any atom is -0.0160 e. The Balaban J connectivity index is 2.41. The predicted octanol–water partition coefficient (Wildman–Crippen LogP) is 3.84. The minimum atomic E-state index is 0.925. The topological polar surface area (TPSA) is 0 Å². The van der Waals surface area contributed by atoms with Gasteiger partial charge in [0.25, 0.3) is 0 Å². The lowest BCUT2D eigenvalue weighted by Crippen LogP contribution is -2.07. The van der Waals surface area contributed by atoms with E-state index in [9.17, 15) is 0 Å². The molecule has 1 saturated carbocycles. The Morgan fingerprint density at radius 3 is 2.58 bits per heavy atom. The van der Waals surface area contributed by atoms with Crippen molar-refractivity contribution < 1.29 is 0 Å². The summed E-state index contributed by atoms with van der Waals surface area (Å²) in [7, 11) is 0. The fourth-order valence-corrected chi connectivity index (χ4v) is 2.72. The summed E-state index contributed by atoms with van der Waals surface area (Å²) in [5.41, 5.74) is 6.59. The second-order valence-corrected chi connectivity index (χ2v) is 4.35. The van der Waals surface area contributed by atoms with Crippen LogP contribution in [-0.2, 0) is 0 Å². The Labute approximate surface area is 75.4 Å². The molecule has 0 radical (unpaired) electrons. The predicted molar refractivity (Wildman–Crippen MR) is 53.0 cm³/mol. The fourth-order valence-electron chi connectivity index (χ4n) is 2.72. The SMILES string of the molecule is CC1=C(C)C(C)=C2CCCC2C1. The Morgan fingerprint density at radius 2 is 1.83 bits per heavy atom. The summed E-state index contributed by atoms with van der Waals surface area (Å²) in [4.78, 5) is 0. The lowest BCUT2D eigenvalue weighted by molar-refractivity contribution is 0.603. The first-order valence-corrected chi connectivity index (χ1v) is 5.06. The molecule has 0 heterocycles. The highest BCUT2D eigenvalue weighted by atomic mass is 14.3. The molecule has 0 aliphatic heterocycles. The molecule has 2 aliphatic carbocycles. The Hall–Kier alpha value is -0.520. The van der Waals surface area contributed by atoms with Crippen LogP contribution in [0.1, 0.15) is 46.5 Å². The van der Waals surface area contributed by atoms with Crippen LogP contribution in [0.4, 0.5) is 0 Å². The lowest BCUT2D eigenvalue weighted by atomic mass is 9.82. The van der Waals surface area contributed by atoms with E-state index in [2.05, 4.69) is 20.8 Å². The highest BCUT2D eigenvalue weighted by Gasteiger charge is 2.27. The summed E-state index contributed by atoms with van der Waals surface area (Å²) in [6.45, 7) is 6.89. The van der Waals surface area contributed by atoms with Gasteiger partial charge in [0.05, 0.1) is 0 Å². The Bertz CT molecular complexity index is 266. The van der Waals surface area contributed by atoms with Crippen molar-refractivity contribution in [2.24, 2.45) is 5.92 Å². The number of allylic oxidation sites excluding steroid dienone is 4. The Morgan fingerprint density at radius 1 is 1.08 bits per heavy atom. The molecule has 0 nitrogen and oxygen atoms in total. The van der Waals surface area contributed by atoms with E-state index >= 15 is 0 Å². The van der Waals surface area contributed by atoms with Gasteiger partial charge in [-0.25, -0.2) is 0 Å². The molecule has 2 aliphatic rings. The van der Waals surface area contributed by atoms with E-state index in [-0.39, 0.29) is 0 Å². The summed E-state index contributed by atoms with van der Waals surface area (Å²) >= 11 is 0. The summed E-state index contributed by atoms with van der Waals surface area (Å²) in [5.74, 6) is 0.925. The molecule has 1 atom stereocenters. The molecule has 0 spiro atoms. The van der Waals surface area contributed by atoms with Gasteiger partial charge in [0.1, 0.15) is 0 Å². The second kappa shape index (κ2) is 2.76. The van der Waals surface area contributed by atoms with Crippen molar-refractivity contribution in [1.82, 2.24) is 0 Å². The van der Waals surface area contributed by atoms with Crippen LogP contribution >= 0.6 is 0 Å². The van der Waals surface area contributed by atoms with Crippen molar-refractivity contribution in [2.45, 2.75) is 46.5 Å². The molecule has 0 aromatic heterocycles. The van der Waals surface area contributed by atoms with Gasteiger partial charge in [0, 0.05) is 0 Å². The molecule has 0 aromatic carbocycles. The van der Waals surface area contributed by atoms with Crippen molar-refractivity contribution in [2.75, 3.05) is 0 Å². The van der Waals surface area contributed by atoms with E-state index in [1.54, 1.807) is 22.3 Å². The molecule has 0 heteroatoms. The van der Waals surface area contributed by atoms with E-state index < -0.39 is 0 Å². The molecule has 12 heavy (non-hydrogen) atoms. The highest BCUT2D eigenvalue weighted by Crippen LogP contribution is 2.43. The molecule has 2 rings (SSSR count). The molecule has 66 valence electrons. The van der Waals surface area contributed by atoms with Gasteiger partial charge in [-0.3, -0.25) is 0 Å². The first kappa shape index (κ1) is 8.10. The van der Waals surface area contributed by atoms with Gasteiger partial charge in [-0.1, -0.05) is 11.1 Å². The third-order valence-corrected chi connectivity index (χ3v) is 3.73. The molecule has 0 amide bonds. The number of hydrogen-bond donors (Lipinski definition) is 0. The summed E-state index contributed by atoms with van der Waals surface area (Å²) in [6, 6.07) is 0. The third kappa shape index (κ3) is 1.05. The Kier molecular flexibility index (Phi) is 1.86. The molecule has 1 unspecified atom stereocenters. The fraction of sp³-hybridized carbons (Fsp3) is 0.667. The van der Waals surface area contributed by atoms with Crippen molar-refractivity contribution in [1.29, 1.82) is 0 Å². The van der Waals surface area contributed by atoms with E-state index in [4.69, 9.17) is 0 Å². The monoisotopic (exact) mass is 162 g/mol. The van der Waals surface area contributed by atoms with Gasteiger partial charge >= 0.3 is 0 Å². The first-order valence-electron chi connectivity index (χ1n) is 5.06. The minimum Gasteiger partial charge on any atom is -0.0695 e. The first-order chi connectivity index (χ1) is 5.70. The van der Waals surface area contributed by atoms with Crippen LogP contribution in [0.15, 0.2) is 22.3 Å². The van der Waals surface area contributed by atoms with Crippen molar-refractivity contribution in [3.63, 3.8) is 0 Å². The van der Waals surface area contributed by atoms with Crippen molar-refractivity contribution in [3.05, 3.63) is 22.3 Å². The van der Waals surface area contributed by atoms with Gasteiger partial charge < -0.3 is 0 Å². The van der Waals surface area contributed by atoms with E-state index in [0.29, 0.717) is 0 Å². The number of hydrogen-bond acceptors (Lipinski definition) is 0. The average Bonchev–Trinajstić information content (AvgIpc) is 2.48. The van der Waals surface area contributed by atoms with Crippen LogP contribution in [0.3, 0.4) is 0 Å². The molecule has 0 aromatic rings.